The molecule has 6 nitrogen and oxygen atoms in total. The molecule has 1 aliphatic carbocycles. The van der Waals surface area contributed by atoms with Gasteiger partial charge in [0.1, 0.15) is 12.3 Å². The van der Waals surface area contributed by atoms with Gasteiger partial charge in [0, 0.05) is 41.7 Å². The van der Waals surface area contributed by atoms with Crippen molar-refractivity contribution in [1.29, 1.82) is 0 Å². The van der Waals surface area contributed by atoms with Crippen LogP contribution in [0.4, 0.5) is 0 Å². The molecule has 0 aromatic heterocycles. The molecule has 1 aromatic carbocycles. The third-order valence-electron chi connectivity index (χ3n) is 4.86. The van der Waals surface area contributed by atoms with Crippen molar-refractivity contribution in [2.24, 2.45) is 5.73 Å². The van der Waals surface area contributed by atoms with Gasteiger partial charge in [-0.05, 0) is 37.0 Å². The van der Waals surface area contributed by atoms with E-state index in [0.29, 0.717) is 10.6 Å². The Kier molecular flexibility index (Phi) is 6.42. The van der Waals surface area contributed by atoms with Crippen molar-refractivity contribution < 1.29 is 14.4 Å². The second-order valence-corrected chi connectivity index (χ2v) is 6.85. The number of fused-ring (bicyclic) bond motifs is 1. The average Bonchev–Trinajstić information content (AvgIpc) is 3.32. The molecule has 0 bridgehead atoms. The van der Waals surface area contributed by atoms with Crippen LogP contribution in [0.5, 0.6) is 0 Å². The lowest BCUT2D eigenvalue weighted by Crippen LogP contribution is -2.46. The predicted octanol–water partition coefficient (Wildman–Crippen LogP) is 2.36. The molecule has 1 unspecified atom stereocenters. The molecule has 2 aliphatic rings. The van der Waals surface area contributed by atoms with E-state index in [1.807, 2.05) is 19.9 Å². The summed E-state index contributed by atoms with van der Waals surface area (Å²) in [6.07, 6.45) is 3.00. The van der Waals surface area contributed by atoms with Gasteiger partial charge >= 0.3 is 0 Å². The van der Waals surface area contributed by atoms with Gasteiger partial charge in [-0.2, -0.15) is 0 Å². The van der Waals surface area contributed by atoms with Crippen LogP contribution >= 0.6 is 11.6 Å². The van der Waals surface area contributed by atoms with Crippen LogP contribution in [0.2, 0.25) is 5.02 Å². The Hall–Kier alpha value is -1.92. The molecule has 1 aromatic rings. The zero-order valence-corrected chi connectivity index (χ0v) is 16.2. The first kappa shape index (κ1) is 20.4. The molecule has 0 saturated heterocycles. The molecule has 1 aliphatic heterocycles. The third kappa shape index (κ3) is 3.76. The molecule has 3 rings (SSSR count). The zero-order chi connectivity index (χ0) is 19.5. The van der Waals surface area contributed by atoms with Crippen molar-refractivity contribution >= 4 is 29.7 Å². The second-order valence-electron chi connectivity index (χ2n) is 6.45. The Morgan fingerprint density at radius 1 is 1.42 bits per heavy atom. The number of aldehydes is 1. The van der Waals surface area contributed by atoms with Gasteiger partial charge in [0.05, 0.1) is 0 Å². The number of amides is 2. The quantitative estimate of drug-likeness (QED) is 0.742. The molecule has 0 spiro atoms. The first-order chi connectivity index (χ1) is 12.4. The molecule has 1 atom stereocenters. The fraction of sp³-hybridized carbons (Fsp3) is 0.526. The Labute approximate surface area is 159 Å². The van der Waals surface area contributed by atoms with Crippen molar-refractivity contribution in [3.05, 3.63) is 33.8 Å². The van der Waals surface area contributed by atoms with E-state index < -0.39 is 6.04 Å². The Morgan fingerprint density at radius 3 is 2.62 bits per heavy atom. The van der Waals surface area contributed by atoms with E-state index in [4.69, 9.17) is 17.3 Å². The van der Waals surface area contributed by atoms with Crippen LogP contribution < -0.4 is 11.1 Å². The summed E-state index contributed by atoms with van der Waals surface area (Å²) in [7, 11) is 1.51. The first-order valence-corrected chi connectivity index (χ1v) is 9.37. The lowest BCUT2D eigenvalue weighted by molar-refractivity contribution is -0.125. The summed E-state index contributed by atoms with van der Waals surface area (Å²) in [6.45, 7) is 4.27. The number of nitrogens with two attached hydrogens (primary N) is 1. The van der Waals surface area contributed by atoms with Crippen LogP contribution in [0.1, 0.15) is 61.0 Å². The minimum atomic E-state index is -0.688. The topological polar surface area (TPSA) is 92.5 Å². The van der Waals surface area contributed by atoms with Crippen LogP contribution in [0.3, 0.4) is 0 Å². The SMILES string of the molecule is CC.CNC(=O)C(CCC=O)N1Cc2c(Cl)cc(C3(N)CC3)cc2C1=O. The van der Waals surface area contributed by atoms with Crippen molar-refractivity contribution in [2.45, 2.75) is 57.7 Å². The van der Waals surface area contributed by atoms with Crippen LogP contribution in [-0.2, 0) is 21.7 Å². The lowest BCUT2D eigenvalue weighted by Gasteiger charge is -2.25. The molecular weight excluding hydrogens is 354 g/mol. The number of hydrogen-bond donors (Lipinski definition) is 2. The Bertz CT molecular complexity index is 716. The van der Waals surface area contributed by atoms with Crippen molar-refractivity contribution in [2.75, 3.05) is 7.05 Å². The van der Waals surface area contributed by atoms with Crippen LogP contribution in [0, 0.1) is 0 Å². The van der Waals surface area contributed by atoms with Crippen molar-refractivity contribution in [1.82, 2.24) is 10.2 Å². The van der Waals surface area contributed by atoms with Gasteiger partial charge in [-0.1, -0.05) is 25.4 Å². The summed E-state index contributed by atoms with van der Waals surface area (Å²) in [6, 6.07) is 2.94. The highest BCUT2D eigenvalue weighted by molar-refractivity contribution is 6.32. The fourth-order valence-corrected chi connectivity index (χ4v) is 3.45. The van der Waals surface area contributed by atoms with Gasteiger partial charge in [-0.25, -0.2) is 0 Å². The highest BCUT2D eigenvalue weighted by Crippen LogP contribution is 2.45. The van der Waals surface area contributed by atoms with Gasteiger partial charge < -0.3 is 20.7 Å². The van der Waals surface area contributed by atoms with Crippen LogP contribution in [0.15, 0.2) is 12.1 Å². The van der Waals surface area contributed by atoms with E-state index in [9.17, 15) is 14.4 Å². The van der Waals surface area contributed by atoms with E-state index in [1.165, 1.54) is 11.9 Å². The summed E-state index contributed by atoms with van der Waals surface area (Å²) in [4.78, 5) is 37.1. The Balaban J connectivity index is 0.00000117. The molecule has 26 heavy (non-hydrogen) atoms. The van der Waals surface area contributed by atoms with E-state index in [0.717, 1.165) is 30.3 Å². The van der Waals surface area contributed by atoms with Gasteiger partial charge in [0.15, 0.2) is 0 Å². The number of nitrogens with one attached hydrogen (secondary N) is 1. The second kappa shape index (κ2) is 8.18. The average molecular weight is 380 g/mol. The van der Waals surface area contributed by atoms with E-state index in [1.54, 1.807) is 6.07 Å². The van der Waals surface area contributed by atoms with Crippen LogP contribution in [0.25, 0.3) is 0 Å². The maximum Gasteiger partial charge on any atom is 0.255 e. The maximum absolute atomic E-state index is 12.8. The summed E-state index contributed by atoms with van der Waals surface area (Å²) in [5.74, 6) is -0.524. The van der Waals surface area contributed by atoms with E-state index >= 15 is 0 Å². The number of carbonyl (C=O) groups excluding carboxylic acids is 3. The van der Waals surface area contributed by atoms with Gasteiger partial charge in [-0.3, -0.25) is 9.59 Å². The standard InChI is InChI=1S/C17H20ClN3O3.C2H6/c1-20-15(23)14(3-2-6-22)21-9-12-11(16(21)24)7-10(8-13(12)18)17(19)4-5-17;1-2/h6-8,14H,2-5,9,19H2,1H3,(H,20,23);1-2H3. The molecule has 1 saturated carbocycles. The highest BCUT2D eigenvalue weighted by Gasteiger charge is 2.43. The molecular formula is C19H26ClN3O3. The number of carbonyl (C=O) groups is 3. The molecule has 2 amide bonds. The number of likely N-dealkylation sites (N-methyl/N-ethyl adjacent to an activating group) is 1. The Morgan fingerprint density at radius 2 is 2.08 bits per heavy atom. The summed E-state index contributed by atoms with van der Waals surface area (Å²) < 4.78 is 0. The number of benzene rings is 1. The van der Waals surface area contributed by atoms with Crippen molar-refractivity contribution in [3.63, 3.8) is 0 Å². The number of hydrogen-bond acceptors (Lipinski definition) is 4. The molecule has 7 heteroatoms. The molecule has 1 fully saturated rings. The predicted molar refractivity (Wildman–Crippen MR) is 101 cm³/mol. The van der Waals surface area contributed by atoms with Crippen molar-refractivity contribution in [3.8, 4) is 0 Å². The molecule has 1 heterocycles. The zero-order valence-electron chi connectivity index (χ0n) is 15.5. The van der Waals surface area contributed by atoms with Gasteiger partial charge in [0.25, 0.3) is 5.91 Å². The smallest absolute Gasteiger partial charge is 0.255 e. The third-order valence-corrected chi connectivity index (χ3v) is 5.20. The minimum absolute atomic E-state index is 0.211. The highest BCUT2D eigenvalue weighted by atomic mass is 35.5. The largest absolute Gasteiger partial charge is 0.357 e. The molecule has 3 N–H and O–H groups in total. The van der Waals surface area contributed by atoms with E-state index in [2.05, 4.69) is 5.32 Å². The summed E-state index contributed by atoms with van der Waals surface area (Å²) >= 11 is 6.37. The monoisotopic (exact) mass is 379 g/mol. The summed E-state index contributed by atoms with van der Waals surface area (Å²) in [5, 5.41) is 3.06. The minimum Gasteiger partial charge on any atom is -0.357 e. The normalized spacial score (nSPS) is 17.7. The summed E-state index contributed by atoms with van der Waals surface area (Å²) in [5.41, 5.74) is 7.93. The fourth-order valence-electron chi connectivity index (χ4n) is 3.17. The van der Waals surface area contributed by atoms with Crippen LogP contribution in [-0.4, -0.2) is 36.1 Å². The molecule has 142 valence electrons. The number of rotatable bonds is 6. The number of nitrogens with zero attached hydrogens (tertiary/aromatic N) is 1. The first-order valence-electron chi connectivity index (χ1n) is 8.99. The van der Waals surface area contributed by atoms with Gasteiger partial charge in [0.2, 0.25) is 5.91 Å². The van der Waals surface area contributed by atoms with E-state index in [-0.39, 0.29) is 36.7 Å². The van der Waals surface area contributed by atoms with Gasteiger partial charge in [-0.15, -0.1) is 0 Å². The number of halogens is 1. The maximum atomic E-state index is 12.8. The lowest BCUT2D eigenvalue weighted by atomic mass is 10.00. The molecule has 0 radical (unpaired) electrons.